The number of benzene rings is 1. The van der Waals surface area contributed by atoms with E-state index < -0.39 is 0 Å². The molecule has 2 heterocycles. The Hall–Kier alpha value is -3.28. The minimum Gasteiger partial charge on any atom is -0.395 e. The second-order valence-electron chi connectivity index (χ2n) is 9.88. The zero-order valence-corrected chi connectivity index (χ0v) is 19.6. The lowest BCUT2D eigenvalue weighted by atomic mass is 9.83. The van der Waals surface area contributed by atoms with E-state index >= 15 is 0 Å². The molecule has 3 N–H and O–H groups in total. The van der Waals surface area contributed by atoms with Crippen LogP contribution >= 0.6 is 0 Å². The van der Waals surface area contributed by atoms with E-state index in [1.165, 1.54) is 0 Å². The number of nitrogens with zero attached hydrogens (tertiary/aromatic N) is 5. The highest BCUT2D eigenvalue weighted by Gasteiger charge is 2.35. The van der Waals surface area contributed by atoms with Crippen molar-refractivity contribution < 1.29 is 10.2 Å². The van der Waals surface area contributed by atoms with E-state index in [4.69, 9.17) is 0 Å². The van der Waals surface area contributed by atoms with Crippen molar-refractivity contribution in [2.45, 2.75) is 57.9 Å². The first-order valence-electron chi connectivity index (χ1n) is 11.2. The Morgan fingerprint density at radius 3 is 2.70 bits per heavy atom. The van der Waals surface area contributed by atoms with Gasteiger partial charge in [-0.15, -0.1) is 0 Å². The SMILES string of the molecule is CC(C)(C)c1cc(Nc2nccc(-c3cc(C#N)c4c(c3)C(C)(CO)CC4)n2)n(CCO)n1. The summed E-state index contributed by atoms with van der Waals surface area (Å²) >= 11 is 0. The van der Waals surface area contributed by atoms with Crippen LogP contribution < -0.4 is 5.32 Å². The normalized spacial score (nSPS) is 17.6. The summed E-state index contributed by atoms with van der Waals surface area (Å²) in [4.78, 5) is 9.05. The third kappa shape index (κ3) is 4.34. The number of aliphatic hydroxyl groups excluding tert-OH is 2. The number of nitriles is 1. The lowest BCUT2D eigenvalue weighted by molar-refractivity contribution is 0.206. The minimum absolute atomic E-state index is 0.0312. The fourth-order valence-electron chi connectivity index (χ4n) is 4.27. The molecule has 1 unspecified atom stereocenters. The van der Waals surface area contributed by atoms with E-state index in [9.17, 15) is 15.5 Å². The summed E-state index contributed by atoms with van der Waals surface area (Å²) in [6.45, 7) is 8.65. The molecule has 3 aromatic rings. The van der Waals surface area contributed by atoms with E-state index in [1.807, 2.05) is 31.2 Å². The summed E-state index contributed by atoms with van der Waals surface area (Å²) in [7, 11) is 0. The topological polar surface area (TPSA) is 120 Å². The molecule has 0 saturated heterocycles. The molecule has 0 saturated carbocycles. The van der Waals surface area contributed by atoms with Crippen molar-refractivity contribution in [1.29, 1.82) is 5.26 Å². The molecule has 8 nitrogen and oxygen atoms in total. The van der Waals surface area contributed by atoms with E-state index in [0.29, 0.717) is 29.6 Å². The molecule has 172 valence electrons. The third-order valence-electron chi connectivity index (χ3n) is 6.35. The highest BCUT2D eigenvalue weighted by atomic mass is 16.3. The number of fused-ring (bicyclic) bond motifs is 1. The molecule has 33 heavy (non-hydrogen) atoms. The van der Waals surface area contributed by atoms with Crippen LogP contribution in [0.2, 0.25) is 0 Å². The minimum atomic E-state index is -0.356. The third-order valence-corrected chi connectivity index (χ3v) is 6.35. The summed E-state index contributed by atoms with van der Waals surface area (Å²) in [6, 6.07) is 9.98. The second-order valence-corrected chi connectivity index (χ2v) is 9.88. The number of hydrogen-bond donors (Lipinski definition) is 3. The number of aliphatic hydroxyl groups is 2. The van der Waals surface area contributed by atoms with Gasteiger partial charge >= 0.3 is 0 Å². The highest BCUT2D eigenvalue weighted by molar-refractivity contribution is 5.68. The summed E-state index contributed by atoms with van der Waals surface area (Å²) in [6.07, 6.45) is 3.28. The maximum atomic E-state index is 9.99. The van der Waals surface area contributed by atoms with E-state index in [0.717, 1.165) is 35.2 Å². The highest BCUT2D eigenvalue weighted by Crippen LogP contribution is 2.42. The molecular weight excluding hydrogens is 416 g/mol. The number of rotatable bonds is 6. The second kappa shape index (κ2) is 8.58. The Bertz CT molecular complexity index is 1220. The van der Waals surface area contributed by atoms with Crippen LogP contribution in [0.3, 0.4) is 0 Å². The van der Waals surface area contributed by atoms with Gasteiger partial charge in [-0.3, -0.25) is 0 Å². The van der Waals surface area contributed by atoms with Gasteiger partial charge in [0, 0.05) is 28.7 Å². The van der Waals surface area contributed by atoms with Crippen molar-refractivity contribution in [3.05, 3.63) is 52.8 Å². The van der Waals surface area contributed by atoms with Crippen LogP contribution in [0.1, 0.15) is 56.5 Å². The van der Waals surface area contributed by atoms with Gasteiger partial charge in [0.05, 0.1) is 42.8 Å². The summed E-state index contributed by atoms with van der Waals surface area (Å²) in [5.41, 5.74) is 4.57. The Kier molecular flexibility index (Phi) is 5.95. The molecule has 1 aliphatic rings. The van der Waals surface area contributed by atoms with Crippen LogP contribution in [0.15, 0.2) is 30.5 Å². The summed E-state index contributed by atoms with van der Waals surface area (Å²) in [5, 5.41) is 37.0. The molecular formula is C25H30N6O2. The first kappa shape index (κ1) is 22.9. The largest absolute Gasteiger partial charge is 0.395 e. The molecule has 0 fully saturated rings. The maximum absolute atomic E-state index is 9.99. The zero-order chi connectivity index (χ0) is 23.8. The predicted octanol–water partition coefficient (Wildman–Crippen LogP) is 3.44. The van der Waals surface area contributed by atoms with Crippen molar-refractivity contribution in [3.63, 3.8) is 0 Å². The van der Waals surface area contributed by atoms with Crippen LogP contribution in [0.5, 0.6) is 0 Å². The van der Waals surface area contributed by atoms with Gasteiger partial charge in [-0.1, -0.05) is 27.7 Å². The Morgan fingerprint density at radius 1 is 1.24 bits per heavy atom. The Balaban J connectivity index is 1.71. The summed E-state index contributed by atoms with van der Waals surface area (Å²) < 4.78 is 1.71. The lowest BCUT2D eigenvalue weighted by Gasteiger charge is -2.23. The fourth-order valence-corrected chi connectivity index (χ4v) is 4.27. The predicted molar refractivity (Wildman–Crippen MR) is 126 cm³/mol. The van der Waals surface area contributed by atoms with Crippen molar-refractivity contribution in [1.82, 2.24) is 19.7 Å². The van der Waals surface area contributed by atoms with Gasteiger partial charge < -0.3 is 15.5 Å². The number of aromatic nitrogens is 4. The van der Waals surface area contributed by atoms with E-state index in [2.05, 4.69) is 47.2 Å². The Labute approximate surface area is 193 Å². The van der Waals surface area contributed by atoms with Gasteiger partial charge in [0.25, 0.3) is 0 Å². The number of anilines is 2. The van der Waals surface area contributed by atoms with Gasteiger partial charge in [-0.2, -0.15) is 10.4 Å². The zero-order valence-electron chi connectivity index (χ0n) is 19.6. The molecule has 0 spiro atoms. The van der Waals surface area contributed by atoms with Gasteiger partial charge in [0.2, 0.25) is 5.95 Å². The first-order chi connectivity index (χ1) is 15.7. The molecule has 0 amide bonds. The van der Waals surface area contributed by atoms with Crippen LogP contribution in [0, 0.1) is 11.3 Å². The molecule has 0 bridgehead atoms. The number of hydrogen-bond acceptors (Lipinski definition) is 7. The van der Waals surface area contributed by atoms with Crippen LogP contribution in [0.25, 0.3) is 11.3 Å². The van der Waals surface area contributed by atoms with Gasteiger partial charge in [-0.25, -0.2) is 14.6 Å². The van der Waals surface area contributed by atoms with Gasteiger partial charge in [0.15, 0.2) is 0 Å². The quantitative estimate of drug-likeness (QED) is 0.530. The average molecular weight is 447 g/mol. The van der Waals surface area contributed by atoms with Gasteiger partial charge in [-0.05, 0) is 42.2 Å². The van der Waals surface area contributed by atoms with Crippen molar-refractivity contribution in [2.75, 3.05) is 18.5 Å². The van der Waals surface area contributed by atoms with Crippen molar-refractivity contribution in [3.8, 4) is 17.3 Å². The molecule has 4 rings (SSSR count). The molecule has 2 aromatic heterocycles. The smallest absolute Gasteiger partial charge is 0.228 e. The lowest BCUT2D eigenvalue weighted by Crippen LogP contribution is -2.23. The molecule has 8 heteroatoms. The van der Waals surface area contributed by atoms with Crippen LogP contribution in [0.4, 0.5) is 11.8 Å². The van der Waals surface area contributed by atoms with Crippen molar-refractivity contribution in [2.24, 2.45) is 0 Å². The molecule has 1 aliphatic carbocycles. The van der Waals surface area contributed by atoms with Crippen LogP contribution in [-0.2, 0) is 23.8 Å². The molecule has 0 aliphatic heterocycles. The van der Waals surface area contributed by atoms with Gasteiger partial charge in [0.1, 0.15) is 5.82 Å². The fraction of sp³-hybridized carbons (Fsp3) is 0.440. The van der Waals surface area contributed by atoms with E-state index in [-0.39, 0.29) is 24.0 Å². The summed E-state index contributed by atoms with van der Waals surface area (Å²) in [5.74, 6) is 1.10. The monoisotopic (exact) mass is 446 g/mol. The van der Waals surface area contributed by atoms with Crippen LogP contribution in [-0.4, -0.2) is 43.2 Å². The number of nitrogens with one attached hydrogen (secondary N) is 1. The standard InChI is InChI=1S/C25H30N6O2/c1-24(2,3)21-13-22(31(30-21)9-10-32)29-23-27-8-6-20(28-23)16-11-17(14-26)18-5-7-25(4,15-33)19(18)12-16/h6,8,11-13,32-33H,5,7,9-10,15H2,1-4H3,(H,27,28,29). The molecule has 1 aromatic carbocycles. The maximum Gasteiger partial charge on any atom is 0.228 e. The molecule has 0 radical (unpaired) electrons. The van der Waals surface area contributed by atoms with Crippen molar-refractivity contribution >= 4 is 11.8 Å². The van der Waals surface area contributed by atoms with E-state index in [1.54, 1.807) is 10.9 Å². The first-order valence-corrected chi connectivity index (χ1v) is 11.2. The molecule has 1 atom stereocenters. The Morgan fingerprint density at radius 2 is 2.03 bits per heavy atom. The average Bonchev–Trinajstić information content (AvgIpc) is 3.35.